The number of Topliss-reactive ketones (excluding diaryl/α,β-unsaturated/α-hetero) is 1. The molecule has 0 N–H and O–H groups in total. The lowest BCUT2D eigenvalue weighted by Crippen LogP contribution is -2.53. The molecule has 0 amide bonds. The summed E-state index contributed by atoms with van der Waals surface area (Å²) in [6, 6.07) is 7.79. The Morgan fingerprint density at radius 3 is 2.38 bits per heavy atom. The van der Waals surface area contributed by atoms with Gasteiger partial charge < -0.3 is 0 Å². The number of ketones is 1. The second-order valence-corrected chi connectivity index (χ2v) is 6.32. The van der Waals surface area contributed by atoms with E-state index in [-0.39, 0.29) is 11.8 Å². The van der Waals surface area contributed by atoms with E-state index in [1.54, 1.807) is 12.1 Å². The third-order valence-corrected chi connectivity index (χ3v) is 4.83. The number of rotatable bonds is 5. The van der Waals surface area contributed by atoms with E-state index in [1.165, 1.54) is 6.42 Å². The number of halogens is 1. The minimum Gasteiger partial charge on any atom is -0.298 e. The largest absolute Gasteiger partial charge is 0.298 e. The van der Waals surface area contributed by atoms with Crippen molar-refractivity contribution in [2.75, 3.05) is 26.2 Å². The van der Waals surface area contributed by atoms with Gasteiger partial charge in [0.05, 0.1) is 6.04 Å². The van der Waals surface area contributed by atoms with Gasteiger partial charge in [-0.05, 0) is 32.4 Å². The van der Waals surface area contributed by atoms with Gasteiger partial charge in [0.15, 0.2) is 5.78 Å². The van der Waals surface area contributed by atoms with Gasteiger partial charge in [-0.25, -0.2) is 0 Å². The molecule has 0 radical (unpaired) electrons. The summed E-state index contributed by atoms with van der Waals surface area (Å²) in [5.74, 6) is 0.162. The van der Waals surface area contributed by atoms with Crippen LogP contribution in [0.5, 0.6) is 0 Å². The fraction of sp³-hybridized carbons (Fsp3) is 0.588. The normalized spacial score (nSPS) is 20.2. The van der Waals surface area contributed by atoms with Crippen molar-refractivity contribution in [1.29, 1.82) is 0 Å². The van der Waals surface area contributed by atoms with Crippen molar-refractivity contribution >= 4 is 17.4 Å². The molecule has 116 valence electrons. The number of hydrogen-bond acceptors (Lipinski definition) is 3. The number of nitrogens with zero attached hydrogens (tertiary/aromatic N) is 2. The summed E-state index contributed by atoms with van der Waals surface area (Å²) in [7, 11) is 0. The van der Waals surface area contributed by atoms with Crippen LogP contribution in [0.3, 0.4) is 0 Å². The molecule has 2 unspecified atom stereocenters. The van der Waals surface area contributed by atoms with Crippen molar-refractivity contribution in [3.05, 3.63) is 34.9 Å². The van der Waals surface area contributed by atoms with Crippen molar-refractivity contribution in [3.63, 3.8) is 0 Å². The molecule has 4 heteroatoms. The van der Waals surface area contributed by atoms with Gasteiger partial charge in [0, 0.05) is 42.8 Å². The Morgan fingerprint density at radius 1 is 1.19 bits per heavy atom. The number of piperazine rings is 1. The molecule has 1 heterocycles. The zero-order chi connectivity index (χ0) is 15.4. The summed E-state index contributed by atoms with van der Waals surface area (Å²) in [5.41, 5.74) is 0.708. The predicted octanol–water partition coefficient (Wildman–Crippen LogP) is 3.33. The van der Waals surface area contributed by atoms with E-state index in [2.05, 4.69) is 23.6 Å². The lowest BCUT2D eigenvalue weighted by molar-refractivity contribution is 0.0613. The van der Waals surface area contributed by atoms with Gasteiger partial charge in [-0.1, -0.05) is 30.7 Å². The lowest BCUT2D eigenvalue weighted by Gasteiger charge is -2.40. The quantitative estimate of drug-likeness (QED) is 0.780. The van der Waals surface area contributed by atoms with E-state index < -0.39 is 0 Å². The molecule has 0 aromatic heterocycles. The molecule has 1 aromatic rings. The van der Waals surface area contributed by atoms with Crippen LogP contribution in [-0.2, 0) is 0 Å². The summed E-state index contributed by atoms with van der Waals surface area (Å²) >= 11 is 5.98. The van der Waals surface area contributed by atoms with Gasteiger partial charge in [-0.15, -0.1) is 0 Å². The van der Waals surface area contributed by atoms with Crippen LogP contribution >= 0.6 is 11.6 Å². The van der Waals surface area contributed by atoms with Crippen LogP contribution in [0.25, 0.3) is 0 Å². The molecular weight excluding hydrogens is 284 g/mol. The molecule has 2 rings (SSSR count). The molecule has 1 aliphatic heterocycles. The smallest absolute Gasteiger partial charge is 0.179 e. The van der Waals surface area contributed by atoms with Crippen molar-refractivity contribution in [2.45, 2.75) is 39.3 Å². The fourth-order valence-corrected chi connectivity index (χ4v) is 3.06. The van der Waals surface area contributed by atoms with Crippen LogP contribution in [0.4, 0.5) is 0 Å². The van der Waals surface area contributed by atoms with E-state index >= 15 is 0 Å². The Balaban J connectivity index is 1.95. The maximum atomic E-state index is 12.6. The first-order valence-electron chi connectivity index (χ1n) is 7.80. The summed E-state index contributed by atoms with van der Waals surface area (Å²) in [6.07, 6.45) is 1.18. The highest BCUT2D eigenvalue weighted by molar-refractivity contribution is 6.31. The first-order chi connectivity index (χ1) is 10.0. The van der Waals surface area contributed by atoms with E-state index in [0.29, 0.717) is 16.6 Å². The van der Waals surface area contributed by atoms with Crippen LogP contribution in [-0.4, -0.2) is 53.8 Å². The molecule has 1 aliphatic rings. The zero-order valence-electron chi connectivity index (χ0n) is 13.2. The molecule has 2 atom stereocenters. The standard InChI is InChI=1S/C17H25ClN2O/c1-4-13(2)19-8-10-20(11-9-19)14(3)17(21)15-6-5-7-16(18)12-15/h5-7,12-14H,4,8-11H2,1-3H3. The molecule has 21 heavy (non-hydrogen) atoms. The van der Waals surface area contributed by atoms with Gasteiger partial charge in [-0.2, -0.15) is 0 Å². The number of carbonyl (C=O) groups excluding carboxylic acids is 1. The van der Waals surface area contributed by atoms with E-state index in [4.69, 9.17) is 11.6 Å². The molecule has 1 saturated heterocycles. The van der Waals surface area contributed by atoms with Gasteiger partial charge in [0.25, 0.3) is 0 Å². The molecular formula is C17H25ClN2O. The summed E-state index contributed by atoms with van der Waals surface area (Å²) in [5, 5.41) is 0.620. The Bertz CT molecular complexity index is 483. The van der Waals surface area contributed by atoms with Crippen LogP contribution in [0.15, 0.2) is 24.3 Å². The van der Waals surface area contributed by atoms with E-state index in [0.717, 1.165) is 26.2 Å². The Labute approximate surface area is 132 Å². The topological polar surface area (TPSA) is 23.6 Å². The van der Waals surface area contributed by atoms with Crippen LogP contribution < -0.4 is 0 Å². The summed E-state index contributed by atoms with van der Waals surface area (Å²) < 4.78 is 0. The average molecular weight is 309 g/mol. The lowest BCUT2D eigenvalue weighted by atomic mass is 10.0. The highest BCUT2D eigenvalue weighted by Crippen LogP contribution is 2.17. The third-order valence-electron chi connectivity index (χ3n) is 4.60. The summed E-state index contributed by atoms with van der Waals surface area (Å²) in [6.45, 7) is 10.5. The third kappa shape index (κ3) is 4.06. The average Bonchev–Trinajstić information content (AvgIpc) is 2.53. The number of carbonyl (C=O) groups is 1. The van der Waals surface area contributed by atoms with Crippen molar-refractivity contribution in [1.82, 2.24) is 9.80 Å². The Hall–Kier alpha value is -0.900. The first-order valence-corrected chi connectivity index (χ1v) is 8.18. The Morgan fingerprint density at radius 2 is 1.81 bits per heavy atom. The maximum absolute atomic E-state index is 12.6. The predicted molar refractivity (Wildman–Crippen MR) is 88.1 cm³/mol. The minimum atomic E-state index is -0.0810. The molecule has 0 bridgehead atoms. The number of benzene rings is 1. The second-order valence-electron chi connectivity index (χ2n) is 5.88. The molecule has 3 nitrogen and oxygen atoms in total. The fourth-order valence-electron chi connectivity index (χ4n) is 2.87. The first kappa shape index (κ1) is 16.5. The minimum absolute atomic E-state index is 0.0810. The van der Waals surface area contributed by atoms with E-state index in [9.17, 15) is 4.79 Å². The van der Waals surface area contributed by atoms with E-state index in [1.807, 2.05) is 19.1 Å². The van der Waals surface area contributed by atoms with Gasteiger partial charge in [0.2, 0.25) is 0 Å². The van der Waals surface area contributed by atoms with Gasteiger partial charge >= 0.3 is 0 Å². The molecule has 0 saturated carbocycles. The highest BCUT2D eigenvalue weighted by Gasteiger charge is 2.27. The van der Waals surface area contributed by atoms with Gasteiger partial charge in [0.1, 0.15) is 0 Å². The second kappa shape index (κ2) is 7.39. The zero-order valence-corrected chi connectivity index (χ0v) is 13.9. The summed E-state index contributed by atoms with van der Waals surface area (Å²) in [4.78, 5) is 17.3. The highest BCUT2D eigenvalue weighted by atomic mass is 35.5. The molecule has 1 aromatic carbocycles. The van der Waals surface area contributed by atoms with Crippen molar-refractivity contribution < 1.29 is 4.79 Å². The molecule has 1 fully saturated rings. The van der Waals surface area contributed by atoms with Crippen LogP contribution in [0.1, 0.15) is 37.6 Å². The van der Waals surface area contributed by atoms with Gasteiger partial charge in [-0.3, -0.25) is 14.6 Å². The molecule has 0 aliphatic carbocycles. The monoisotopic (exact) mass is 308 g/mol. The van der Waals surface area contributed by atoms with Crippen molar-refractivity contribution in [3.8, 4) is 0 Å². The number of hydrogen-bond donors (Lipinski definition) is 0. The Kier molecular flexibility index (Phi) is 5.80. The van der Waals surface area contributed by atoms with Crippen molar-refractivity contribution in [2.24, 2.45) is 0 Å². The van der Waals surface area contributed by atoms with Crippen LogP contribution in [0, 0.1) is 0 Å². The van der Waals surface area contributed by atoms with Crippen LogP contribution in [0.2, 0.25) is 5.02 Å². The SMILES string of the molecule is CCC(C)N1CCN(C(C)C(=O)c2cccc(Cl)c2)CC1. The molecule has 0 spiro atoms. The maximum Gasteiger partial charge on any atom is 0.179 e.